The van der Waals surface area contributed by atoms with E-state index in [-0.39, 0.29) is 10.8 Å². The molecule has 1 aromatic heterocycles. The van der Waals surface area contributed by atoms with Crippen molar-refractivity contribution < 1.29 is 8.42 Å². The number of piperidine rings is 1. The third-order valence-electron chi connectivity index (χ3n) is 4.55. The van der Waals surface area contributed by atoms with E-state index in [0.29, 0.717) is 17.7 Å². The molecule has 1 aliphatic carbocycles. The Kier molecular flexibility index (Phi) is 4.63. The van der Waals surface area contributed by atoms with Crippen LogP contribution in [0.4, 0.5) is 5.95 Å². The molecule has 1 aliphatic heterocycles. The summed E-state index contributed by atoms with van der Waals surface area (Å²) in [5.41, 5.74) is 0.671. The summed E-state index contributed by atoms with van der Waals surface area (Å²) in [5.74, 6) is 0.713. The van der Waals surface area contributed by atoms with Gasteiger partial charge in [-0.1, -0.05) is 12.8 Å². The van der Waals surface area contributed by atoms with E-state index in [9.17, 15) is 8.42 Å². The predicted molar refractivity (Wildman–Crippen MR) is 85.9 cm³/mol. The molecule has 0 amide bonds. The van der Waals surface area contributed by atoms with Crippen LogP contribution in [0.1, 0.15) is 50.1 Å². The second-order valence-electron chi connectivity index (χ2n) is 6.38. The lowest BCUT2D eigenvalue weighted by Gasteiger charge is -2.24. The SMILES string of the molecule is CS(=O)(=O)c1cnc(NC2CCCC2)nc1[C@H]1CCCNC1. The standard InChI is InChI=1S/C15H24N4O2S/c1-22(20,21)13-10-17-15(18-12-6-2-3-7-12)19-14(13)11-5-4-8-16-9-11/h10-12,16H,2-9H2,1H3,(H,17,18,19)/t11-/m0/s1. The predicted octanol–water partition coefficient (Wildman–Crippen LogP) is 1.70. The molecule has 0 spiro atoms. The number of rotatable bonds is 4. The van der Waals surface area contributed by atoms with Crippen LogP contribution < -0.4 is 10.6 Å². The van der Waals surface area contributed by atoms with Gasteiger partial charge in [-0.2, -0.15) is 0 Å². The van der Waals surface area contributed by atoms with Crippen molar-refractivity contribution in [1.82, 2.24) is 15.3 Å². The number of aromatic nitrogens is 2. The molecule has 0 radical (unpaired) electrons. The molecule has 2 fully saturated rings. The van der Waals surface area contributed by atoms with Gasteiger partial charge in [0.2, 0.25) is 5.95 Å². The minimum atomic E-state index is -3.31. The normalized spacial score (nSPS) is 23.6. The van der Waals surface area contributed by atoms with Crippen molar-refractivity contribution in [1.29, 1.82) is 0 Å². The fourth-order valence-electron chi connectivity index (χ4n) is 3.37. The molecule has 2 N–H and O–H groups in total. The third kappa shape index (κ3) is 3.57. The molecule has 0 unspecified atom stereocenters. The van der Waals surface area contributed by atoms with E-state index in [4.69, 9.17) is 0 Å². The van der Waals surface area contributed by atoms with Crippen LogP contribution in [0.25, 0.3) is 0 Å². The maximum atomic E-state index is 12.0. The van der Waals surface area contributed by atoms with Gasteiger partial charge in [0.05, 0.1) is 11.9 Å². The van der Waals surface area contributed by atoms with Gasteiger partial charge in [0.15, 0.2) is 9.84 Å². The average Bonchev–Trinajstić information content (AvgIpc) is 3.00. The summed E-state index contributed by atoms with van der Waals surface area (Å²) >= 11 is 0. The summed E-state index contributed by atoms with van der Waals surface area (Å²) in [5, 5.41) is 6.69. The highest BCUT2D eigenvalue weighted by molar-refractivity contribution is 7.90. The van der Waals surface area contributed by atoms with Gasteiger partial charge in [0.25, 0.3) is 0 Å². The van der Waals surface area contributed by atoms with E-state index in [2.05, 4.69) is 20.6 Å². The number of nitrogens with zero attached hydrogens (tertiary/aromatic N) is 2. The molecule has 2 heterocycles. The molecule has 122 valence electrons. The zero-order valence-corrected chi connectivity index (χ0v) is 13.8. The van der Waals surface area contributed by atoms with Gasteiger partial charge in [0, 0.05) is 24.8 Å². The molecule has 3 rings (SSSR count). The van der Waals surface area contributed by atoms with E-state index in [1.807, 2.05) is 0 Å². The van der Waals surface area contributed by atoms with Gasteiger partial charge in [-0.15, -0.1) is 0 Å². The molecule has 1 saturated heterocycles. The van der Waals surface area contributed by atoms with Gasteiger partial charge in [-0.05, 0) is 32.2 Å². The number of hydrogen-bond donors (Lipinski definition) is 2. The highest BCUT2D eigenvalue weighted by Gasteiger charge is 2.26. The van der Waals surface area contributed by atoms with Crippen molar-refractivity contribution in [3.05, 3.63) is 11.9 Å². The van der Waals surface area contributed by atoms with Crippen LogP contribution in [-0.2, 0) is 9.84 Å². The Morgan fingerprint density at radius 2 is 2.00 bits per heavy atom. The zero-order chi connectivity index (χ0) is 15.6. The van der Waals surface area contributed by atoms with Crippen molar-refractivity contribution in [3.63, 3.8) is 0 Å². The number of nitrogens with one attached hydrogen (secondary N) is 2. The quantitative estimate of drug-likeness (QED) is 0.877. The van der Waals surface area contributed by atoms with Crippen LogP contribution in [-0.4, -0.2) is 43.8 Å². The average molecular weight is 324 g/mol. The van der Waals surface area contributed by atoms with E-state index in [1.165, 1.54) is 25.3 Å². The molecule has 7 heteroatoms. The summed E-state index contributed by atoms with van der Waals surface area (Å²) in [4.78, 5) is 9.10. The van der Waals surface area contributed by atoms with Gasteiger partial charge < -0.3 is 10.6 Å². The Balaban J connectivity index is 1.90. The third-order valence-corrected chi connectivity index (χ3v) is 5.67. The maximum Gasteiger partial charge on any atom is 0.223 e. The Labute approximate surface area is 132 Å². The van der Waals surface area contributed by atoms with Crippen molar-refractivity contribution in [2.75, 3.05) is 24.7 Å². The topological polar surface area (TPSA) is 84.0 Å². The summed E-state index contributed by atoms with van der Waals surface area (Å²) < 4.78 is 24.1. The smallest absolute Gasteiger partial charge is 0.223 e. The second-order valence-corrected chi connectivity index (χ2v) is 8.37. The fraction of sp³-hybridized carbons (Fsp3) is 0.733. The van der Waals surface area contributed by atoms with Crippen molar-refractivity contribution >= 4 is 15.8 Å². The summed E-state index contributed by atoms with van der Waals surface area (Å²) in [6.07, 6.45) is 9.46. The molecule has 2 aliphatic rings. The van der Waals surface area contributed by atoms with Gasteiger partial charge in [0.1, 0.15) is 4.90 Å². The van der Waals surface area contributed by atoms with E-state index in [1.54, 1.807) is 0 Å². The van der Waals surface area contributed by atoms with E-state index < -0.39 is 9.84 Å². The highest BCUT2D eigenvalue weighted by atomic mass is 32.2. The van der Waals surface area contributed by atoms with Crippen molar-refractivity contribution in [2.24, 2.45) is 0 Å². The van der Waals surface area contributed by atoms with E-state index in [0.717, 1.165) is 38.8 Å². The largest absolute Gasteiger partial charge is 0.351 e. The molecule has 1 aromatic rings. The first-order valence-electron chi connectivity index (χ1n) is 8.08. The summed E-state index contributed by atoms with van der Waals surface area (Å²) in [6.45, 7) is 1.77. The molecular weight excluding hydrogens is 300 g/mol. The van der Waals surface area contributed by atoms with Gasteiger partial charge >= 0.3 is 0 Å². The molecular formula is C15H24N4O2S. The first-order valence-corrected chi connectivity index (χ1v) is 9.97. The van der Waals surface area contributed by atoms with Crippen LogP contribution in [0.5, 0.6) is 0 Å². The molecule has 0 aromatic carbocycles. The minimum Gasteiger partial charge on any atom is -0.351 e. The number of hydrogen-bond acceptors (Lipinski definition) is 6. The lowest BCUT2D eigenvalue weighted by molar-refractivity contribution is 0.448. The lowest BCUT2D eigenvalue weighted by atomic mass is 9.96. The van der Waals surface area contributed by atoms with Crippen molar-refractivity contribution in [3.8, 4) is 0 Å². The van der Waals surface area contributed by atoms with Crippen LogP contribution in [0.2, 0.25) is 0 Å². The second kappa shape index (κ2) is 6.50. The van der Waals surface area contributed by atoms with Crippen molar-refractivity contribution in [2.45, 2.75) is 55.4 Å². The monoisotopic (exact) mass is 324 g/mol. The van der Waals surface area contributed by atoms with Crippen LogP contribution in [0.3, 0.4) is 0 Å². The Bertz CT molecular complexity index is 620. The Morgan fingerprint density at radius 1 is 1.23 bits per heavy atom. The zero-order valence-electron chi connectivity index (χ0n) is 13.0. The highest BCUT2D eigenvalue weighted by Crippen LogP contribution is 2.28. The number of anilines is 1. The first-order chi connectivity index (χ1) is 10.5. The molecule has 1 saturated carbocycles. The van der Waals surface area contributed by atoms with Gasteiger partial charge in [-0.25, -0.2) is 18.4 Å². The van der Waals surface area contributed by atoms with E-state index >= 15 is 0 Å². The fourth-order valence-corrected chi connectivity index (χ4v) is 4.21. The van der Waals surface area contributed by atoms with Crippen LogP contribution >= 0.6 is 0 Å². The Morgan fingerprint density at radius 3 is 2.64 bits per heavy atom. The summed E-state index contributed by atoms with van der Waals surface area (Å²) in [6, 6.07) is 0.418. The summed E-state index contributed by atoms with van der Waals surface area (Å²) in [7, 11) is -3.31. The Hall–Kier alpha value is -1.21. The minimum absolute atomic E-state index is 0.144. The molecule has 0 bridgehead atoms. The van der Waals surface area contributed by atoms with Crippen LogP contribution in [0, 0.1) is 0 Å². The number of sulfone groups is 1. The molecule has 6 nitrogen and oxygen atoms in total. The molecule has 22 heavy (non-hydrogen) atoms. The lowest BCUT2D eigenvalue weighted by Crippen LogP contribution is -2.30. The van der Waals surface area contributed by atoms with Crippen LogP contribution in [0.15, 0.2) is 11.1 Å². The van der Waals surface area contributed by atoms with Gasteiger partial charge in [-0.3, -0.25) is 0 Å². The first kappa shape index (κ1) is 15.7. The maximum absolute atomic E-state index is 12.0. The molecule has 1 atom stereocenters.